The summed E-state index contributed by atoms with van der Waals surface area (Å²) in [4.78, 5) is 29.2. The molecule has 49 heavy (non-hydrogen) atoms. The van der Waals surface area contributed by atoms with E-state index in [2.05, 4.69) is 0 Å². The number of likely N-dealkylation sites (N-methyl/N-ethyl adjacent to an activating group) is 1. The first-order valence-electron chi connectivity index (χ1n) is 17.7. The molecule has 3 aliphatic heterocycles. The Bertz CT molecular complexity index is 1120. The van der Waals surface area contributed by atoms with Crippen LogP contribution < -0.4 is 0 Å². The minimum absolute atomic E-state index is 0.125. The van der Waals surface area contributed by atoms with E-state index < -0.39 is 108 Å². The number of Topliss-reactive ketones (excluding diaryl/α,β-unsaturated/α-hetero) is 1. The number of aliphatic hydroxyl groups excluding tert-OH is 3. The highest BCUT2D eigenvalue weighted by atomic mass is 16.7. The number of hydrogen-bond donors (Lipinski definition) is 6. The van der Waals surface area contributed by atoms with Crippen molar-refractivity contribution in [2.75, 3.05) is 14.1 Å². The van der Waals surface area contributed by atoms with Crippen molar-refractivity contribution in [3.63, 3.8) is 0 Å². The third-order valence-corrected chi connectivity index (χ3v) is 11.0. The Hall–Kier alpha value is -1.30. The van der Waals surface area contributed by atoms with E-state index in [1.165, 1.54) is 27.7 Å². The van der Waals surface area contributed by atoms with E-state index >= 15 is 0 Å². The molecule has 0 radical (unpaired) electrons. The second-order valence-corrected chi connectivity index (χ2v) is 15.9. The van der Waals surface area contributed by atoms with Gasteiger partial charge in [0.1, 0.15) is 29.7 Å². The van der Waals surface area contributed by atoms with Gasteiger partial charge in [0.15, 0.2) is 12.6 Å². The second-order valence-electron chi connectivity index (χ2n) is 15.9. The molecule has 3 heterocycles. The molecule has 0 amide bonds. The van der Waals surface area contributed by atoms with Crippen molar-refractivity contribution in [1.82, 2.24) is 4.90 Å². The fourth-order valence-corrected chi connectivity index (χ4v) is 7.91. The third-order valence-electron chi connectivity index (χ3n) is 11.0. The molecule has 14 nitrogen and oxygen atoms in total. The molecule has 3 aliphatic rings. The molecular weight excluding hydrogens is 642 g/mol. The Labute approximate surface area is 291 Å². The molecule has 0 saturated carbocycles. The summed E-state index contributed by atoms with van der Waals surface area (Å²) in [6.45, 7) is 14.2. The average molecular weight is 706 g/mol. The number of hydrogen-bond acceptors (Lipinski definition) is 14. The first-order chi connectivity index (χ1) is 22.4. The number of aliphatic hydroxyl groups is 6. The minimum atomic E-state index is -2.00. The minimum Gasteiger partial charge on any atom is -0.459 e. The lowest BCUT2D eigenvalue weighted by Crippen LogP contribution is -2.60. The van der Waals surface area contributed by atoms with Crippen molar-refractivity contribution in [1.29, 1.82) is 0 Å². The number of nitrogens with zero attached hydrogens (tertiary/aromatic N) is 1. The van der Waals surface area contributed by atoms with Gasteiger partial charge in [0.25, 0.3) is 0 Å². The SMILES string of the molecule is CCC1OC(=O)CC(OC2CC(C)(O)C(O)C(C)O2)C(C)C(OC2OC(C)CC(N(C)C)C2O)C(C)(O)CC(C)C(=O)C(C)C(O)C1(C)O. The second kappa shape index (κ2) is 16.2. The zero-order chi connectivity index (χ0) is 37.4. The lowest BCUT2D eigenvalue weighted by atomic mass is 9.74. The summed E-state index contributed by atoms with van der Waals surface area (Å²) in [5.41, 5.74) is -5.38. The molecule has 3 fully saturated rings. The van der Waals surface area contributed by atoms with E-state index in [0.29, 0.717) is 6.42 Å². The van der Waals surface area contributed by atoms with Gasteiger partial charge in [-0.25, -0.2) is 0 Å². The van der Waals surface area contributed by atoms with Crippen LogP contribution in [0.1, 0.15) is 94.4 Å². The van der Waals surface area contributed by atoms with Crippen LogP contribution in [-0.2, 0) is 33.3 Å². The maximum Gasteiger partial charge on any atom is 0.308 e. The molecule has 3 rings (SSSR count). The zero-order valence-electron chi connectivity index (χ0n) is 31.1. The molecule has 0 aromatic carbocycles. The van der Waals surface area contributed by atoms with Crippen molar-refractivity contribution >= 4 is 11.8 Å². The topological polar surface area (TPSA) is 205 Å². The lowest BCUT2D eigenvalue weighted by Gasteiger charge is -2.48. The van der Waals surface area contributed by atoms with Crippen molar-refractivity contribution in [3.8, 4) is 0 Å². The Kier molecular flexibility index (Phi) is 13.9. The molecule has 0 spiro atoms. The molecule has 3 saturated heterocycles. The summed E-state index contributed by atoms with van der Waals surface area (Å²) in [7, 11) is 3.67. The van der Waals surface area contributed by atoms with Gasteiger partial charge in [0, 0.05) is 30.2 Å². The average Bonchev–Trinajstić information content (AvgIpc) is 2.99. The van der Waals surface area contributed by atoms with E-state index in [1.54, 1.807) is 27.7 Å². The van der Waals surface area contributed by atoms with Gasteiger partial charge in [0.05, 0.1) is 48.1 Å². The molecule has 0 aliphatic carbocycles. The zero-order valence-corrected chi connectivity index (χ0v) is 31.1. The van der Waals surface area contributed by atoms with Crippen molar-refractivity contribution in [2.45, 2.75) is 179 Å². The summed E-state index contributed by atoms with van der Waals surface area (Å²) in [5, 5.41) is 67.7. The molecule has 6 N–H and O–H groups in total. The number of carbonyl (C=O) groups excluding carboxylic acids is 2. The van der Waals surface area contributed by atoms with Crippen molar-refractivity contribution in [3.05, 3.63) is 0 Å². The maximum atomic E-state index is 13.7. The molecule has 286 valence electrons. The smallest absolute Gasteiger partial charge is 0.308 e. The summed E-state index contributed by atoms with van der Waals surface area (Å²) < 4.78 is 30.6. The van der Waals surface area contributed by atoms with Crippen LogP contribution in [0.25, 0.3) is 0 Å². The molecule has 0 aromatic rings. The predicted octanol–water partition coefficient (Wildman–Crippen LogP) is 0.886. The van der Waals surface area contributed by atoms with Crippen LogP contribution in [0.2, 0.25) is 0 Å². The lowest BCUT2D eigenvalue weighted by molar-refractivity contribution is -0.313. The van der Waals surface area contributed by atoms with Gasteiger partial charge in [-0.15, -0.1) is 0 Å². The van der Waals surface area contributed by atoms with Crippen LogP contribution in [0.5, 0.6) is 0 Å². The summed E-state index contributed by atoms with van der Waals surface area (Å²) >= 11 is 0. The number of ketones is 1. The van der Waals surface area contributed by atoms with Gasteiger partial charge in [-0.05, 0) is 68.0 Å². The van der Waals surface area contributed by atoms with Crippen LogP contribution >= 0.6 is 0 Å². The summed E-state index contributed by atoms with van der Waals surface area (Å²) in [6.07, 6.45) is -10.9. The first-order valence-corrected chi connectivity index (χ1v) is 17.7. The van der Waals surface area contributed by atoms with E-state index in [1.807, 2.05) is 25.9 Å². The number of ether oxygens (including phenoxy) is 5. The Morgan fingerprint density at radius 3 is 2.04 bits per heavy atom. The van der Waals surface area contributed by atoms with Crippen LogP contribution in [0, 0.1) is 17.8 Å². The van der Waals surface area contributed by atoms with Crippen LogP contribution in [0.4, 0.5) is 0 Å². The van der Waals surface area contributed by atoms with E-state index in [-0.39, 0.29) is 31.4 Å². The number of esters is 1. The standard InChI is InChI=1S/C35H63NO13/c1-12-24-35(9,44)29(40)20(5)27(38)17(2)15-34(8,43)31(49-32-28(39)22(36(10)11)13-18(3)45-32)19(4)23(14-25(37)48-24)47-26-16-33(7,42)30(41)21(6)46-26/h17-24,26,28-32,39-44H,12-16H2,1-11H3. The molecule has 0 bridgehead atoms. The van der Waals surface area contributed by atoms with Gasteiger partial charge < -0.3 is 59.2 Å². The molecule has 0 aromatic heterocycles. The Morgan fingerprint density at radius 1 is 0.878 bits per heavy atom. The molecule has 17 atom stereocenters. The number of carbonyl (C=O) groups is 2. The van der Waals surface area contributed by atoms with E-state index in [4.69, 9.17) is 23.7 Å². The molecular formula is C35H63NO13. The van der Waals surface area contributed by atoms with Crippen LogP contribution in [0.15, 0.2) is 0 Å². The van der Waals surface area contributed by atoms with Crippen molar-refractivity contribution < 1.29 is 63.9 Å². The van der Waals surface area contributed by atoms with Gasteiger partial charge >= 0.3 is 5.97 Å². The van der Waals surface area contributed by atoms with Gasteiger partial charge in [0.2, 0.25) is 0 Å². The van der Waals surface area contributed by atoms with Crippen molar-refractivity contribution in [2.24, 2.45) is 17.8 Å². The summed E-state index contributed by atoms with van der Waals surface area (Å²) in [6, 6.07) is -0.332. The fourth-order valence-electron chi connectivity index (χ4n) is 7.91. The molecule has 14 heteroatoms. The monoisotopic (exact) mass is 705 g/mol. The highest BCUT2D eigenvalue weighted by molar-refractivity contribution is 5.83. The quantitative estimate of drug-likeness (QED) is 0.213. The Balaban J connectivity index is 2.12. The molecule has 17 unspecified atom stereocenters. The number of cyclic esters (lactones) is 1. The predicted molar refractivity (Wildman–Crippen MR) is 177 cm³/mol. The van der Waals surface area contributed by atoms with Crippen LogP contribution in [0.3, 0.4) is 0 Å². The van der Waals surface area contributed by atoms with Gasteiger partial charge in [-0.1, -0.05) is 27.7 Å². The van der Waals surface area contributed by atoms with Gasteiger partial charge in [-0.2, -0.15) is 0 Å². The third kappa shape index (κ3) is 9.58. The normalized spacial score (nSPS) is 49.8. The highest BCUT2D eigenvalue weighted by Gasteiger charge is 2.52. The van der Waals surface area contributed by atoms with E-state index in [9.17, 15) is 40.2 Å². The highest BCUT2D eigenvalue weighted by Crippen LogP contribution is 2.39. The van der Waals surface area contributed by atoms with Gasteiger partial charge in [-0.3, -0.25) is 9.59 Å². The number of rotatable bonds is 6. The Morgan fingerprint density at radius 2 is 1.49 bits per heavy atom. The van der Waals surface area contributed by atoms with Crippen LogP contribution in [-0.4, -0.2) is 146 Å². The fraction of sp³-hybridized carbons (Fsp3) is 0.943. The first kappa shape index (κ1) is 42.1. The maximum absolute atomic E-state index is 13.7. The largest absolute Gasteiger partial charge is 0.459 e. The van der Waals surface area contributed by atoms with E-state index in [0.717, 1.165) is 0 Å². The summed E-state index contributed by atoms with van der Waals surface area (Å²) in [5.74, 6) is -4.00.